The van der Waals surface area contributed by atoms with Gasteiger partial charge in [-0.15, -0.1) is 12.4 Å². The minimum atomic E-state index is -3.53. The molecular formula is C18H28ClN3O3S. The van der Waals surface area contributed by atoms with Gasteiger partial charge in [0.25, 0.3) is 0 Å². The Morgan fingerprint density at radius 3 is 2.46 bits per heavy atom. The van der Waals surface area contributed by atoms with E-state index in [9.17, 15) is 13.2 Å². The Hall–Kier alpha value is -1.15. The van der Waals surface area contributed by atoms with Crippen LogP contribution in [0.5, 0.6) is 0 Å². The second kappa shape index (κ2) is 9.17. The Morgan fingerprint density at radius 2 is 1.81 bits per heavy atom. The molecule has 3 rings (SSSR count). The molecule has 0 saturated carbocycles. The van der Waals surface area contributed by atoms with Crippen LogP contribution >= 0.6 is 12.4 Å². The van der Waals surface area contributed by atoms with E-state index in [1.54, 1.807) is 24.3 Å². The summed E-state index contributed by atoms with van der Waals surface area (Å²) in [4.78, 5) is 12.9. The summed E-state index contributed by atoms with van der Waals surface area (Å²) in [5.74, 6) is -0.264. The largest absolute Gasteiger partial charge is 0.353 e. The summed E-state index contributed by atoms with van der Waals surface area (Å²) >= 11 is 0. The molecule has 0 aromatic heterocycles. The molecular weight excluding hydrogens is 374 g/mol. The average Bonchev–Trinajstić information content (AvgIpc) is 2.63. The number of carbonyl (C=O) groups is 1. The number of nitrogens with one attached hydrogen (secondary N) is 2. The predicted molar refractivity (Wildman–Crippen MR) is 104 cm³/mol. The molecule has 2 aliphatic heterocycles. The van der Waals surface area contributed by atoms with E-state index in [4.69, 9.17) is 0 Å². The van der Waals surface area contributed by atoms with Crippen LogP contribution in [0.15, 0.2) is 29.2 Å². The normalized spacial score (nSPS) is 22.4. The van der Waals surface area contributed by atoms with Gasteiger partial charge >= 0.3 is 0 Å². The second-order valence-electron chi connectivity index (χ2n) is 7.05. The maximum Gasteiger partial charge on any atom is 0.243 e. The molecule has 146 valence electrons. The van der Waals surface area contributed by atoms with Crippen molar-refractivity contribution in [2.75, 3.05) is 26.2 Å². The van der Waals surface area contributed by atoms with Crippen LogP contribution in [0.3, 0.4) is 0 Å². The summed E-state index contributed by atoms with van der Waals surface area (Å²) in [5.41, 5.74) is 1.02. The zero-order chi connectivity index (χ0) is 17.9. The average molecular weight is 402 g/mol. The fourth-order valence-corrected chi connectivity index (χ4v) is 5.04. The van der Waals surface area contributed by atoms with Gasteiger partial charge in [-0.2, -0.15) is 4.31 Å². The molecule has 2 fully saturated rings. The first-order chi connectivity index (χ1) is 12.0. The number of halogens is 1. The van der Waals surface area contributed by atoms with Gasteiger partial charge in [0.15, 0.2) is 0 Å². The van der Waals surface area contributed by atoms with Gasteiger partial charge in [-0.25, -0.2) is 8.42 Å². The summed E-state index contributed by atoms with van der Waals surface area (Å²) in [6, 6.07) is 7.10. The van der Waals surface area contributed by atoms with Gasteiger partial charge in [-0.05, 0) is 57.8 Å². The van der Waals surface area contributed by atoms with Crippen LogP contribution in [-0.2, 0) is 14.8 Å². The molecule has 2 saturated heterocycles. The van der Waals surface area contributed by atoms with Crippen molar-refractivity contribution in [1.82, 2.24) is 14.9 Å². The molecule has 1 unspecified atom stereocenters. The highest BCUT2D eigenvalue weighted by molar-refractivity contribution is 7.89. The first kappa shape index (κ1) is 21.2. The molecule has 26 heavy (non-hydrogen) atoms. The minimum absolute atomic E-state index is 0. The monoisotopic (exact) mass is 401 g/mol. The molecule has 0 radical (unpaired) electrons. The lowest BCUT2D eigenvalue weighted by molar-refractivity contribution is -0.127. The van der Waals surface area contributed by atoms with Gasteiger partial charge in [0.2, 0.25) is 15.9 Å². The van der Waals surface area contributed by atoms with Crippen molar-refractivity contribution < 1.29 is 13.2 Å². The lowest BCUT2D eigenvalue weighted by Crippen LogP contribution is -2.49. The fourth-order valence-electron chi connectivity index (χ4n) is 3.52. The fraction of sp³-hybridized carbons (Fsp3) is 0.611. The van der Waals surface area contributed by atoms with Crippen LogP contribution < -0.4 is 10.6 Å². The number of carbonyl (C=O) groups excluding carboxylic acids is 1. The first-order valence-electron chi connectivity index (χ1n) is 9.05. The molecule has 8 heteroatoms. The van der Waals surface area contributed by atoms with Crippen molar-refractivity contribution in [1.29, 1.82) is 0 Å². The summed E-state index contributed by atoms with van der Waals surface area (Å²) in [7, 11) is -3.53. The van der Waals surface area contributed by atoms with Crippen LogP contribution in [0, 0.1) is 12.8 Å². The number of amides is 1. The number of hydrogen-bond acceptors (Lipinski definition) is 4. The van der Waals surface area contributed by atoms with E-state index < -0.39 is 10.0 Å². The van der Waals surface area contributed by atoms with E-state index in [2.05, 4.69) is 10.6 Å². The molecule has 1 atom stereocenters. The number of piperidine rings is 2. The van der Waals surface area contributed by atoms with Gasteiger partial charge < -0.3 is 10.6 Å². The third-order valence-electron chi connectivity index (χ3n) is 5.10. The highest BCUT2D eigenvalue weighted by atomic mass is 35.5. The Kier molecular flexibility index (Phi) is 7.46. The van der Waals surface area contributed by atoms with Gasteiger partial charge in [-0.1, -0.05) is 17.7 Å². The van der Waals surface area contributed by atoms with Gasteiger partial charge in [-0.3, -0.25) is 4.79 Å². The molecule has 1 aromatic rings. The zero-order valence-corrected chi connectivity index (χ0v) is 16.7. The van der Waals surface area contributed by atoms with Gasteiger partial charge in [0, 0.05) is 19.1 Å². The first-order valence-corrected chi connectivity index (χ1v) is 10.5. The summed E-state index contributed by atoms with van der Waals surface area (Å²) < 4.78 is 27.2. The van der Waals surface area contributed by atoms with Crippen molar-refractivity contribution in [2.24, 2.45) is 5.92 Å². The Bertz CT molecular complexity index is 703. The number of rotatable bonds is 4. The van der Waals surface area contributed by atoms with Crippen LogP contribution in [0.1, 0.15) is 31.2 Å². The van der Waals surface area contributed by atoms with Crippen molar-refractivity contribution in [3.63, 3.8) is 0 Å². The summed E-state index contributed by atoms with van der Waals surface area (Å²) in [6.07, 6.45) is 3.33. The summed E-state index contributed by atoms with van der Waals surface area (Å²) in [5, 5.41) is 6.39. The lowest BCUT2D eigenvalue weighted by atomic mass is 9.97. The molecule has 2 aliphatic rings. The van der Waals surface area contributed by atoms with Crippen LogP contribution in [-0.4, -0.2) is 50.9 Å². The number of nitrogens with zero attached hydrogens (tertiary/aromatic N) is 1. The quantitative estimate of drug-likeness (QED) is 0.804. The van der Waals surface area contributed by atoms with Crippen molar-refractivity contribution in [2.45, 2.75) is 43.5 Å². The Labute approximate surface area is 162 Å². The van der Waals surface area contributed by atoms with E-state index in [0.29, 0.717) is 11.4 Å². The zero-order valence-electron chi connectivity index (χ0n) is 15.1. The molecule has 2 N–H and O–H groups in total. The number of benzene rings is 1. The minimum Gasteiger partial charge on any atom is -0.353 e. The van der Waals surface area contributed by atoms with Crippen molar-refractivity contribution in [3.8, 4) is 0 Å². The van der Waals surface area contributed by atoms with E-state index in [0.717, 1.165) is 44.3 Å². The predicted octanol–water partition coefficient (Wildman–Crippen LogP) is 1.69. The SMILES string of the molecule is Cc1ccc(S(=O)(=O)N2CCCC(C(=O)NC3CCNCC3)C2)cc1.Cl. The standard InChI is InChI=1S/C18H27N3O3S.ClH/c1-14-4-6-17(7-5-14)25(23,24)21-12-2-3-15(13-21)18(22)20-16-8-10-19-11-9-16;/h4-7,15-16,19H,2-3,8-13H2,1H3,(H,20,22);1H. The number of hydrogen-bond donors (Lipinski definition) is 2. The van der Waals surface area contributed by atoms with Crippen LogP contribution in [0.2, 0.25) is 0 Å². The number of aryl methyl sites for hydroxylation is 1. The van der Waals surface area contributed by atoms with Gasteiger partial charge in [0.05, 0.1) is 10.8 Å². The van der Waals surface area contributed by atoms with Crippen molar-refractivity contribution >= 4 is 28.3 Å². The Balaban J connectivity index is 0.00000243. The Morgan fingerprint density at radius 1 is 1.15 bits per heavy atom. The molecule has 1 aromatic carbocycles. The van der Waals surface area contributed by atoms with E-state index >= 15 is 0 Å². The second-order valence-corrected chi connectivity index (χ2v) is 8.99. The van der Waals surface area contributed by atoms with E-state index in [1.165, 1.54) is 4.31 Å². The van der Waals surface area contributed by atoms with Gasteiger partial charge in [0.1, 0.15) is 0 Å². The topological polar surface area (TPSA) is 78.5 Å². The highest BCUT2D eigenvalue weighted by Gasteiger charge is 2.33. The third-order valence-corrected chi connectivity index (χ3v) is 6.98. The molecule has 0 aliphatic carbocycles. The molecule has 0 bridgehead atoms. The smallest absolute Gasteiger partial charge is 0.243 e. The van der Waals surface area contributed by atoms with E-state index in [1.807, 2.05) is 6.92 Å². The summed E-state index contributed by atoms with van der Waals surface area (Å²) in [6.45, 7) is 4.52. The van der Waals surface area contributed by atoms with Crippen LogP contribution in [0.25, 0.3) is 0 Å². The highest BCUT2D eigenvalue weighted by Crippen LogP contribution is 2.24. The molecule has 1 amide bonds. The molecule has 0 spiro atoms. The molecule has 6 nitrogen and oxygen atoms in total. The third kappa shape index (κ3) is 4.97. The maximum absolute atomic E-state index is 12.8. The van der Waals surface area contributed by atoms with E-state index in [-0.39, 0.29) is 36.8 Å². The van der Waals surface area contributed by atoms with Crippen LogP contribution in [0.4, 0.5) is 0 Å². The molecule has 2 heterocycles. The maximum atomic E-state index is 12.8. The van der Waals surface area contributed by atoms with Crippen molar-refractivity contribution in [3.05, 3.63) is 29.8 Å². The lowest BCUT2D eigenvalue weighted by Gasteiger charge is -2.33. The number of sulfonamides is 1.